The number of hydrogen-bond acceptors (Lipinski definition) is 6. The molecule has 1 unspecified atom stereocenters. The van der Waals surface area contributed by atoms with E-state index in [1.54, 1.807) is 13.0 Å². The molecule has 0 amide bonds. The Labute approximate surface area is 172 Å². The summed E-state index contributed by atoms with van der Waals surface area (Å²) < 4.78 is 11.8. The lowest BCUT2D eigenvalue weighted by Crippen LogP contribution is -2.47. The molecule has 3 N–H and O–H groups in total. The Hall–Kier alpha value is -2.09. The van der Waals surface area contributed by atoms with Gasteiger partial charge < -0.3 is 24.5 Å². The molecule has 6 nitrogen and oxygen atoms in total. The molecule has 0 saturated heterocycles. The Bertz CT molecular complexity index is 989. The van der Waals surface area contributed by atoms with Gasteiger partial charge >= 0.3 is 0 Å². The van der Waals surface area contributed by atoms with E-state index in [9.17, 15) is 20.1 Å². The third-order valence-corrected chi connectivity index (χ3v) is 10.7. The first kappa shape index (κ1) is 21.6. The van der Waals surface area contributed by atoms with Gasteiger partial charge in [-0.25, -0.2) is 0 Å². The number of carbonyl (C=O) groups is 1. The number of Topliss-reactive ketones (excluding diaryl/α,β-unsaturated/α-hetero) is 1. The summed E-state index contributed by atoms with van der Waals surface area (Å²) >= 11 is 0. The Morgan fingerprint density at radius 1 is 1.17 bits per heavy atom. The second-order valence-electron chi connectivity index (χ2n) is 9.36. The molecular weight excluding hydrogens is 388 g/mol. The van der Waals surface area contributed by atoms with E-state index < -0.39 is 26.3 Å². The van der Waals surface area contributed by atoms with Gasteiger partial charge in [-0.15, -0.1) is 0 Å². The van der Waals surface area contributed by atoms with E-state index in [0.29, 0.717) is 11.1 Å². The minimum absolute atomic E-state index is 0.0315. The van der Waals surface area contributed by atoms with Crippen molar-refractivity contribution >= 4 is 24.9 Å². The van der Waals surface area contributed by atoms with Crippen molar-refractivity contribution in [3.63, 3.8) is 0 Å². The van der Waals surface area contributed by atoms with Crippen LogP contribution in [0.15, 0.2) is 12.1 Å². The van der Waals surface area contributed by atoms with Gasteiger partial charge in [0.2, 0.25) is 0 Å². The summed E-state index contributed by atoms with van der Waals surface area (Å²) in [6, 6.07) is 3.27. The number of aromatic hydroxyl groups is 2. The lowest BCUT2D eigenvalue weighted by Gasteiger charge is -2.41. The molecule has 0 fully saturated rings. The molecular formula is C22H30O6Si. The Morgan fingerprint density at radius 2 is 1.79 bits per heavy atom. The summed E-state index contributed by atoms with van der Waals surface area (Å²) in [5.74, 6) is -0.597. The van der Waals surface area contributed by atoms with Gasteiger partial charge in [0.25, 0.3) is 0 Å². The van der Waals surface area contributed by atoms with Gasteiger partial charge in [-0.1, -0.05) is 20.8 Å². The molecule has 29 heavy (non-hydrogen) atoms. The average Bonchev–Trinajstić information content (AvgIpc) is 2.57. The van der Waals surface area contributed by atoms with Crippen LogP contribution in [0, 0.1) is 6.92 Å². The molecule has 0 saturated carbocycles. The molecule has 1 aliphatic carbocycles. The highest BCUT2D eigenvalue weighted by Gasteiger charge is 2.45. The van der Waals surface area contributed by atoms with Gasteiger partial charge in [-0.3, -0.25) is 4.79 Å². The number of ketones is 1. The van der Waals surface area contributed by atoms with E-state index in [-0.39, 0.29) is 39.5 Å². The number of fused-ring (bicyclic) bond motifs is 2. The number of aliphatic hydroxyl groups is 1. The van der Waals surface area contributed by atoms with Crippen LogP contribution in [-0.4, -0.2) is 42.6 Å². The second-order valence-corrected chi connectivity index (χ2v) is 14.1. The highest BCUT2D eigenvalue weighted by atomic mass is 28.4. The van der Waals surface area contributed by atoms with Crippen molar-refractivity contribution in [2.24, 2.45) is 0 Å². The van der Waals surface area contributed by atoms with Crippen LogP contribution in [0.3, 0.4) is 0 Å². The van der Waals surface area contributed by atoms with Crippen molar-refractivity contribution in [2.45, 2.75) is 64.5 Å². The zero-order valence-electron chi connectivity index (χ0n) is 18.1. The Kier molecular flexibility index (Phi) is 5.22. The highest BCUT2D eigenvalue weighted by Crippen LogP contribution is 2.50. The van der Waals surface area contributed by atoms with Crippen LogP contribution >= 0.6 is 0 Å². The van der Waals surface area contributed by atoms with Crippen molar-refractivity contribution in [1.82, 2.24) is 0 Å². The van der Waals surface area contributed by atoms with E-state index in [2.05, 4.69) is 20.8 Å². The third kappa shape index (κ3) is 3.41. The van der Waals surface area contributed by atoms with E-state index >= 15 is 0 Å². The molecule has 0 heterocycles. The number of phenols is 2. The van der Waals surface area contributed by atoms with Gasteiger partial charge in [0, 0.05) is 17.4 Å². The first-order valence-electron chi connectivity index (χ1n) is 9.76. The maximum absolute atomic E-state index is 13.4. The third-order valence-electron chi connectivity index (χ3n) is 6.25. The minimum Gasteiger partial charge on any atom is -0.507 e. The van der Waals surface area contributed by atoms with Crippen LogP contribution in [0.5, 0.6) is 17.2 Å². The SMILES string of the molecule is COc1c2c(c(O)c3c(O)cc(C)cc13)C(=O)C(O[Si](C)(C)C(C)(C)C)C[C@@H]2O. The van der Waals surface area contributed by atoms with Crippen LogP contribution in [-0.2, 0) is 4.43 Å². The second kappa shape index (κ2) is 7.00. The molecule has 0 spiro atoms. The molecule has 2 atom stereocenters. The van der Waals surface area contributed by atoms with Crippen molar-refractivity contribution in [1.29, 1.82) is 0 Å². The van der Waals surface area contributed by atoms with Crippen LogP contribution in [0.2, 0.25) is 18.1 Å². The fourth-order valence-corrected chi connectivity index (χ4v) is 4.98. The predicted octanol–water partition coefficient (Wildman–Crippen LogP) is 4.58. The summed E-state index contributed by atoms with van der Waals surface area (Å²) in [4.78, 5) is 13.4. The lowest BCUT2D eigenvalue weighted by molar-refractivity contribution is 0.0506. The Morgan fingerprint density at radius 3 is 2.34 bits per heavy atom. The van der Waals surface area contributed by atoms with Crippen LogP contribution < -0.4 is 4.74 Å². The van der Waals surface area contributed by atoms with E-state index in [1.165, 1.54) is 13.2 Å². The summed E-state index contributed by atoms with van der Waals surface area (Å²) in [7, 11) is -0.845. The van der Waals surface area contributed by atoms with Crippen molar-refractivity contribution in [3.05, 3.63) is 28.8 Å². The number of ether oxygens (including phenoxy) is 1. The summed E-state index contributed by atoms with van der Waals surface area (Å²) in [5, 5.41) is 32.8. The molecule has 0 aromatic heterocycles. The fraction of sp³-hybridized carbons (Fsp3) is 0.500. The number of carbonyl (C=O) groups excluding carboxylic acids is 1. The monoisotopic (exact) mass is 418 g/mol. The van der Waals surface area contributed by atoms with Crippen molar-refractivity contribution < 1.29 is 29.3 Å². The number of rotatable bonds is 3. The lowest BCUT2D eigenvalue weighted by atomic mass is 9.82. The molecule has 0 aliphatic heterocycles. The normalized spacial score (nSPS) is 20.1. The molecule has 1 aliphatic rings. The van der Waals surface area contributed by atoms with E-state index in [4.69, 9.17) is 9.16 Å². The van der Waals surface area contributed by atoms with Crippen molar-refractivity contribution in [3.8, 4) is 17.2 Å². The van der Waals surface area contributed by atoms with Crippen molar-refractivity contribution in [2.75, 3.05) is 7.11 Å². The molecule has 158 valence electrons. The molecule has 0 radical (unpaired) electrons. The summed E-state index contributed by atoms with van der Waals surface area (Å²) in [5.41, 5.74) is 0.988. The number of aryl methyl sites for hydroxylation is 1. The van der Waals surface area contributed by atoms with E-state index in [1.807, 2.05) is 13.1 Å². The minimum atomic E-state index is -2.29. The summed E-state index contributed by atoms with van der Waals surface area (Å²) in [6.07, 6.45) is -1.80. The molecule has 0 bridgehead atoms. The zero-order chi connectivity index (χ0) is 21.9. The highest BCUT2D eigenvalue weighted by molar-refractivity contribution is 6.74. The maximum Gasteiger partial charge on any atom is 0.194 e. The number of hydrogen-bond donors (Lipinski definition) is 3. The van der Waals surface area contributed by atoms with Crippen LogP contribution in [0.25, 0.3) is 10.8 Å². The molecule has 2 aromatic carbocycles. The maximum atomic E-state index is 13.4. The first-order chi connectivity index (χ1) is 13.3. The van der Waals surface area contributed by atoms with Gasteiger partial charge in [0.1, 0.15) is 23.4 Å². The van der Waals surface area contributed by atoms with Crippen LogP contribution in [0.4, 0.5) is 0 Å². The number of phenolic OH excluding ortho intramolecular Hbond substituents is 2. The Balaban J connectivity index is 2.24. The molecule has 2 aromatic rings. The summed E-state index contributed by atoms with van der Waals surface area (Å²) in [6.45, 7) is 12.1. The number of benzene rings is 2. The van der Waals surface area contributed by atoms with E-state index in [0.717, 1.165) is 5.56 Å². The van der Waals surface area contributed by atoms with Gasteiger partial charge in [-0.05, 0) is 42.8 Å². The number of methoxy groups -OCH3 is 1. The van der Waals surface area contributed by atoms with Gasteiger partial charge in [0.15, 0.2) is 14.1 Å². The molecule has 7 heteroatoms. The predicted molar refractivity (Wildman–Crippen MR) is 115 cm³/mol. The van der Waals surface area contributed by atoms with Gasteiger partial charge in [0.05, 0.1) is 24.2 Å². The van der Waals surface area contributed by atoms with Gasteiger partial charge in [-0.2, -0.15) is 0 Å². The zero-order valence-corrected chi connectivity index (χ0v) is 19.1. The smallest absolute Gasteiger partial charge is 0.194 e. The number of aliphatic hydroxyl groups excluding tert-OH is 1. The van der Waals surface area contributed by atoms with Crippen LogP contribution in [0.1, 0.15) is 54.8 Å². The largest absolute Gasteiger partial charge is 0.507 e. The fourth-order valence-electron chi connectivity index (χ4n) is 3.72. The quantitative estimate of drug-likeness (QED) is 0.632. The average molecular weight is 419 g/mol. The molecule has 3 rings (SSSR count). The standard InChI is InChI=1S/C22H30O6Si/c1-11-8-12-16(13(23)9-11)20(26)18-17(21(12)27-5)14(24)10-15(19(18)25)28-29(6,7)22(2,3)4/h8-9,14-15,23-24,26H,10H2,1-7H3/t14-,15?/m0/s1. The first-order valence-corrected chi connectivity index (χ1v) is 12.7. The topological polar surface area (TPSA) is 96.2 Å².